The Morgan fingerprint density at radius 2 is 2.27 bits per heavy atom. The summed E-state index contributed by atoms with van der Waals surface area (Å²) < 4.78 is 5.09. The van der Waals surface area contributed by atoms with Gasteiger partial charge in [0, 0.05) is 6.54 Å². The fraction of sp³-hybridized carbons (Fsp3) is 0.875. The van der Waals surface area contributed by atoms with Crippen LogP contribution >= 0.6 is 0 Å². The van der Waals surface area contributed by atoms with Crippen LogP contribution in [0.2, 0.25) is 0 Å². The second-order valence-corrected chi connectivity index (χ2v) is 3.30. The van der Waals surface area contributed by atoms with Crippen molar-refractivity contribution in [2.75, 3.05) is 26.3 Å². The molecule has 0 saturated carbocycles. The van der Waals surface area contributed by atoms with Crippen molar-refractivity contribution in [2.45, 2.75) is 12.5 Å². The number of nitriles is 1. The van der Waals surface area contributed by atoms with Crippen molar-refractivity contribution in [1.29, 1.82) is 5.26 Å². The van der Waals surface area contributed by atoms with E-state index < -0.39 is 0 Å². The van der Waals surface area contributed by atoms with Crippen molar-refractivity contribution < 1.29 is 4.74 Å². The van der Waals surface area contributed by atoms with Gasteiger partial charge in [-0.1, -0.05) is 0 Å². The lowest BCUT2D eigenvalue weighted by Crippen LogP contribution is -2.47. The van der Waals surface area contributed by atoms with Gasteiger partial charge in [0.2, 0.25) is 0 Å². The normalized spacial score (nSPS) is 33.2. The third kappa shape index (κ3) is 1.24. The van der Waals surface area contributed by atoms with Gasteiger partial charge in [-0.15, -0.1) is 0 Å². The van der Waals surface area contributed by atoms with Crippen LogP contribution in [0.25, 0.3) is 0 Å². The van der Waals surface area contributed by atoms with Crippen LogP contribution in [-0.2, 0) is 4.74 Å². The zero-order valence-corrected chi connectivity index (χ0v) is 6.49. The van der Waals surface area contributed by atoms with Crippen LogP contribution in [-0.4, -0.2) is 37.2 Å². The molecule has 0 aromatic rings. The first-order chi connectivity index (χ1) is 5.40. The van der Waals surface area contributed by atoms with Crippen LogP contribution in [0.15, 0.2) is 0 Å². The molecule has 60 valence electrons. The summed E-state index contributed by atoms with van der Waals surface area (Å²) in [5, 5.41) is 8.65. The smallest absolute Gasteiger partial charge is 0.0669 e. The van der Waals surface area contributed by atoms with E-state index in [0.29, 0.717) is 6.04 Å². The molecule has 1 unspecified atom stereocenters. The topological polar surface area (TPSA) is 36.3 Å². The quantitative estimate of drug-likeness (QED) is 0.539. The van der Waals surface area contributed by atoms with Gasteiger partial charge in [-0.25, -0.2) is 0 Å². The summed E-state index contributed by atoms with van der Waals surface area (Å²) >= 11 is 0. The van der Waals surface area contributed by atoms with Gasteiger partial charge in [-0.3, -0.25) is 4.90 Å². The van der Waals surface area contributed by atoms with Crippen molar-refractivity contribution in [1.82, 2.24) is 4.90 Å². The maximum absolute atomic E-state index is 8.65. The van der Waals surface area contributed by atoms with E-state index in [9.17, 15) is 0 Å². The van der Waals surface area contributed by atoms with Gasteiger partial charge in [0.05, 0.1) is 31.2 Å². The highest BCUT2D eigenvalue weighted by Crippen LogP contribution is 2.20. The fourth-order valence-electron chi connectivity index (χ4n) is 1.66. The predicted octanol–water partition coefficient (Wildman–Crippen LogP) is 0.231. The van der Waals surface area contributed by atoms with Crippen molar-refractivity contribution in [3.05, 3.63) is 0 Å². The minimum atomic E-state index is 0.274. The van der Waals surface area contributed by atoms with Crippen molar-refractivity contribution in [3.63, 3.8) is 0 Å². The zero-order valence-electron chi connectivity index (χ0n) is 6.49. The Hall–Kier alpha value is -0.590. The summed E-state index contributed by atoms with van der Waals surface area (Å²) in [6.45, 7) is 3.80. The first-order valence-electron chi connectivity index (χ1n) is 4.11. The molecular formula is C8H12N2O. The van der Waals surface area contributed by atoms with Gasteiger partial charge in [-0.05, 0) is 13.0 Å². The molecule has 2 aliphatic rings. The second kappa shape index (κ2) is 2.80. The van der Waals surface area contributed by atoms with E-state index in [-0.39, 0.29) is 5.92 Å². The van der Waals surface area contributed by atoms with Gasteiger partial charge in [-0.2, -0.15) is 5.26 Å². The van der Waals surface area contributed by atoms with E-state index in [4.69, 9.17) is 10.00 Å². The third-order valence-electron chi connectivity index (χ3n) is 2.54. The number of hydrogen-bond acceptors (Lipinski definition) is 3. The predicted molar refractivity (Wildman–Crippen MR) is 39.9 cm³/mol. The minimum absolute atomic E-state index is 0.274. The largest absolute Gasteiger partial charge is 0.378 e. The highest BCUT2D eigenvalue weighted by atomic mass is 16.5. The van der Waals surface area contributed by atoms with Gasteiger partial charge >= 0.3 is 0 Å². The molecule has 0 radical (unpaired) electrons. The maximum atomic E-state index is 8.65. The molecule has 0 aliphatic carbocycles. The Morgan fingerprint density at radius 3 is 2.73 bits per heavy atom. The molecule has 0 N–H and O–H groups in total. The summed E-state index contributed by atoms with van der Waals surface area (Å²) in [6.07, 6.45) is 1.05. The van der Waals surface area contributed by atoms with E-state index in [1.165, 1.54) is 0 Å². The molecule has 1 atom stereocenters. The lowest BCUT2D eigenvalue weighted by molar-refractivity contribution is -0.0575. The lowest BCUT2D eigenvalue weighted by atomic mass is 10.1. The number of hydrogen-bond donors (Lipinski definition) is 0. The Bertz CT molecular complexity index is 183. The van der Waals surface area contributed by atoms with E-state index in [1.807, 2.05) is 0 Å². The summed E-state index contributed by atoms with van der Waals surface area (Å²) in [7, 11) is 0. The van der Waals surface area contributed by atoms with Crippen molar-refractivity contribution in [2.24, 2.45) is 5.92 Å². The van der Waals surface area contributed by atoms with Crippen molar-refractivity contribution >= 4 is 0 Å². The van der Waals surface area contributed by atoms with Gasteiger partial charge in [0.1, 0.15) is 0 Å². The SMILES string of the molecule is N#CC1CCN(C2COC2)C1. The van der Waals surface area contributed by atoms with Gasteiger partial charge in [0.15, 0.2) is 0 Å². The molecule has 0 aromatic carbocycles. The van der Waals surface area contributed by atoms with E-state index in [2.05, 4.69) is 11.0 Å². The molecule has 2 aliphatic heterocycles. The maximum Gasteiger partial charge on any atom is 0.0669 e. The molecular weight excluding hydrogens is 140 g/mol. The molecule has 0 amide bonds. The summed E-state index contributed by atoms with van der Waals surface area (Å²) in [4.78, 5) is 2.37. The third-order valence-corrected chi connectivity index (χ3v) is 2.54. The molecule has 2 saturated heterocycles. The summed E-state index contributed by atoms with van der Waals surface area (Å²) in [5.41, 5.74) is 0. The van der Waals surface area contributed by atoms with E-state index >= 15 is 0 Å². The second-order valence-electron chi connectivity index (χ2n) is 3.30. The highest BCUT2D eigenvalue weighted by molar-refractivity contribution is 4.93. The molecule has 11 heavy (non-hydrogen) atoms. The molecule has 2 fully saturated rings. The molecule has 0 bridgehead atoms. The number of likely N-dealkylation sites (tertiary alicyclic amines) is 1. The average Bonchev–Trinajstić information content (AvgIpc) is 2.32. The Balaban J connectivity index is 1.84. The van der Waals surface area contributed by atoms with E-state index in [1.54, 1.807) is 0 Å². The van der Waals surface area contributed by atoms with Gasteiger partial charge in [0.25, 0.3) is 0 Å². The number of nitrogens with zero attached hydrogens (tertiary/aromatic N) is 2. The zero-order chi connectivity index (χ0) is 7.68. The van der Waals surface area contributed by atoms with Crippen LogP contribution in [0.5, 0.6) is 0 Å². The highest BCUT2D eigenvalue weighted by Gasteiger charge is 2.31. The molecule has 2 rings (SSSR count). The Labute approximate surface area is 66.5 Å². The lowest BCUT2D eigenvalue weighted by Gasteiger charge is -2.34. The van der Waals surface area contributed by atoms with Crippen LogP contribution in [0.3, 0.4) is 0 Å². The summed E-state index contributed by atoms with van der Waals surface area (Å²) in [6, 6.07) is 2.93. The Kier molecular flexibility index (Phi) is 1.80. The van der Waals surface area contributed by atoms with Gasteiger partial charge < -0.3 is 4.74 Å². The first kappa shape index (κ1) is 7.08. The molecule has 0 aromatic heterocycles. The molecule has 0 spiro atoms. The fourth-order valence-corrected chi connectivity index (χ4v) is 1.66. The minimum Gasteiger partial charge on any atom is -0.378 e. The van der Waals surface area contributed by atoms with Crippen LogP contribution in [0, 0.1) is 17.2 Å². The van der Waals surface area contributed by atoms with Crippen LogP contribution in [0.1, 0.15) is 6.42 Å². The number of ether oxygens (including phenoxy) is 1. The Morgan fingerprint density at radius 1 is 1.45 bits per heavy atom. The number of rotatable bonds is 1. The first-order valence-corrected chi connectivity index (χ1v) is 4.11. The summed E-state index contributed by atoms with van der Waals surface area (Å²) in [5.74, 6) is 0.274. The monoisotopic (exact) mass is 152 g/mol. The molecule has 2 heterocycles. The van der Waals surface area contributed by atoms with Crippen molar-refractivity contribution in [3.8, 4) is 6.07 Å². The van der Waals surface area contributed by atoms with E-state index in [0.717, 1.165) is 32.7 Å². The molecule has 3 heteroatoms. The van der Waals surface area contributed by atoms with Crippen LogP contribution < -0.4 is 0 Å². The molecule has 3 nitrogen and oxygen atoms in total. The average molecular weight is 152 g/mol. The standard InChI is InChI=1S/C8H12N2O/c9-3-7-1-2-10(4-7)8-5-11-6-8/h7-8H,1-2,4-6H2. The van der Waals surface area contributed by atoms with Crippen LogP contribution in [0.4, 0.5) is 0 Å².